The Morgan fingerprint density at radius 2 is 1.95 bits per heavy atom. The smallest absolute Gasteiger partial charge is 0.173 e. The van der Waals surface area contributed by atoms with E-state index in [1.165, 1.54) is 24.8 Å². The van der Waals surface area contributed by atoms with Crippen LogP contribution >= 0.6 is 0 Å². The van der Waals surface area contributed by atoms with Crippen molar-refractivity contribution >= 4 is 5.78 Å². The number of benzene rings is 1. The van der Waals surface area contributed by atoms with Gasteiger partial charge in [-0.1, -0.05) is 45.2 Å². The molecular weight excluding hydrogens is 248 g/mol. The minimum atomic E-state index is 0.229. The number of hydrogen-bond donors (Lipinski definition) is 0. The predicted molar refractivity (Wildman–Crippen MR) is 82.3 cm³/mol. The number of Topliss-reactive ketones (excluding diaryl/α,β-unsaturated/α-hetero) is 1. The molecule has 1 aromatic rings. The molecule has 1 aromatic carbocycles. The summed E-state index contributed by atoms with van der Waals surface area (Å²) < 4.78 is 5.79. The van der Waals surface area contributed by atoms with E-state index in [9.17, 15) is 4.79 Å². The maximum absolute atomic E-state index is 12.2. The lowest BCUT2D eigenvalue weighted by Crippen LogP contribution is -2.23. The van der Waals surface area contributed by atoms with Gasteiger partial charge in [-0.2, -0.15) is 0 Å². The summed E-state index contributed by atoms with van der Waals surface area (Å²) in [4.78, 5) is 12.2. The highest BCUT2D eigenvalue weighted by Gasteiger charge is 2.21. The first-order valence-corrected chi connectivity index (χ1v) is 7.84. The van der Waals surface area contributed by atoms with Crippen molar-refractivity contribution in [2.75, 3.05) is 6.61 Å². The summed E-state index contributed by atoms with van der Waals surface area (Å²) in [5.74, 6) is 1.85. The van der Waals surface area contributed by atoms with Gasteiger partial charge in [0.25, 0.3) is 0 Å². The van der Waals surface area contributed by atoms with Crippen LogP contribution in [-0.4, -0.2) is 12.4 Å². The molecule has 2 heteroatoms. The number of ether oxygens (including phenoxy) is 1. The molecule has 2 rings (SSSR count). The van der Waals surface area contributed by atoms with Gasteiger partial charge in [-0.05, 0) is 42.9 Å². The molecule has 1 aliphatic rings. The van der Waals surface area contributed by atoms with Crippen LogP contribution in [0.2, 0.25) is 0 Å². The van der Waals surface area contributed by atoms with E-state index >= 15 is 0 Å². The highest BCUT2D eigenvalue weighted by atomic mass is 16.5. The molecule has 0 amide bonds. The van der Waals surface area contributed by atoms with Gasteiger partial charge in [-0.15, -0.1) is 0 Å². The molecular formula is C18H26O2. The van der Waals surface area contributed by atoms with Gasteiger partial charge in [0.05, 0.1) is 0 Å². The van der Waals surface area contributed by atoms with E-state index < -0.39 is 0 Å². The third kappa shape index (κ3) is 3.84. The largest absolute Gasteiger partial charge is 0.486 e. The first kappa shape index (κ1) is 15.1. The average molecular weight is 274 g/mol. The van der Waals surface area contributed by atoms with Crippen molar-refractivity contribution in [3.05, 3.63) is 29.3 Å². The van der Waals surface area contributed by atoms with Crippen LogP contribution in [0.1, 0.15) is 63.0 Å². The Balaban J connectivity index is 1.95. The first-order valence-electron chi connectivity index (χ1n) is 7.84. The SMILES string of the molecule is Cc1ccc(C(C)C)cc1OCC(=O)C1CCCCC1. The van der Waals surface area contributed by atoms with E-state index in [-0.39, 0.29) is 18.3 Å². The van der Waals surface area contributed by atoms with Gasteiger partial charge in [-0.3, -0.25) is 4.79 Å². The van der Waals surface area contributed by atoms with Crippen LogP contribution in [0.25, 0.3) is 0 Å². The van der Waals surface area contributed by atoms with Gasteiger partial charge in [0.2, 0.25) is 0 Å². The molecule has 0 radical (unpaired) electrons. The highest BCUT2D eigenvalue weighted by Crippen LogP contribution is 2.26. The Labute approximate surface area is 122 Å². The molecule has 0 N–H and O–H groups in total. The summed E-state index contributed by atoms with van der Waals surface area (Å²) >= 11 is 0. The van der Waals surface area contributed by atoms with Crippen molar-refractivity contribution in [1.29, 1.82) is 0 Å². The second-order valence-electron chi connectivity index (χ2n) is 6.27. The van der Waals surface area contributed by atoms with Crippen molar-refractivity contribution in [2.24, 2.45) is 5.92 Å². The molecule has 110 valence electrons. The fraction of sp³-hybridized carbons (Fsp3) is 0.611. The van der Waals surface area contributed by atoms with Crippen LogP contribution in [0.4, 0.5) is 0 Å². The van der Waals surface area contributed by atoms with Crippen LogP contribution in [0, 0.1) is 12.8 Å². The van der Waals surface area contributed by atoms with E-state index in [1.54, 1.807) is 0 Å². The predicted octanol–water partition coefficient (Wildman–Crippen LogP) is 4.65. The Morgan fingerprint density at radius 3 is 2.60 bits per heavy atom. The molecule has 0 bridgehead atoms. The van der Waals surface area contributed by atoms with Crippen molar-refractivity contribution in [2.45, 2.75) is 58.8 Å². The van der Waals surface area contributed by atoms with Crippen LogP contribution in [0.3, 0.4) is 0 Å². The first-order chi connectivity index (χ1) is 9.58. The van der Waals surface area contributed by atoms with Crippen LogP contribution < -0.4 is 4.74 Å². The van der Waals surface area contributed by atoms with Gasteiger partial charge in [0, 0.05) is 5.92 Å². The zero-order valence-corrected chi connectivity index (χ0v) is 12.9. The lowest BCUT2D eigenvalue weighted by atomic mass is 9.86. The summed E-state index contributed by atoms with van der Waals surface area (Å²) in [6.45, 7) is 6.60. The van der Waals surface area contributed by atoms with E-state index in [0.29, 0.717) is 5.92 Å². The molecule has 0 aliphatic heterocycles. The number of carbonyl (C=O) groups is 1. The number of ketones is 1. The number of rotatable bonds is 5. The topological polar surface area (TPSA) is 26.3 Å². The minimum absolute atomic E-state index is 0.229. The van der Waals surface area contributed by atoms with E-state index in [4.69, 9.17) is 4.74 Å². The molecule has 0 unspecified atom stereocenters. The van der Waals surface area contributed by atoms with Gasteiger partial charge in [0.15, 0.2) is 5.78 Å². The fourth-order valence-electron chi connectivity index (χ4n) is 2.82. The number of hydrogen-bond acceptors (Lipinski definition) is 2. The maximum Gasteiger partial charge on any atom is 0.173 e. The van der Waals surface area contributed by atoms with Crippen molar-refractivity contribution in [3.63, 3.8) is 0 Å². The monoisotopic (exact) mass is 274 g/mol. The van der Waals surface area contributed by atoms with Crippen molar-refractivity contribution in [1.82, 2.24) is 0 Å². The van der Waals surface area contributed by atoms with Crippen molar-refractivity contribution < 1.29 is 9.53 Å². The fourth-order valence-corrected chi connectivity index (χ4v) is 2.82. The molecule has 20 heavy (non-hydrogen) atoms. The summed E-state index contributed by atoms with van der Waals surface area (Å²) in [7, 11) is 0. The summed E-state index contributed by atoms with van der Waals surface area (Å²) in [6, 6.07) is 6.29. The minimum Gasteiger partial charge on any atom is -0.486 e. The third-order valence-electron chi connectivity index (χ3n) is 4.31. The zero-order valence-electron chi connectivity index (χ0n) is 12.9. The molecule has 0 atom stereocenters. The summed E-state index contributed by atoms with van der Waals surface area (Å²) in [6.07, 6.45) is 5.76. The molecule has 0 heterocycles. The van der Waals surface area contributed by atoms with Crippen molar-refractivity contribution in [3.8, 4) is 5.75 Å². The zero-order chi connectivity index (χ0) is 14.5. The molecule has 0 aromatic heterocycles. The molecule has 0 spiro atoms. The second-order valence-corrected chi connectivity index (χ2v) is 6.27. The summed E-state index contributed by atoms with van der Waals surface area (Å²) in [5.41, 5.74) is 2.36. The van der Waals surface area contributed by atoms with Gasteiger partial charge in [-0.25, -0.2) is 0 Å². The number of carbonyl (C=O) groups excluding carboxylic acids is 1. The van der Waals surface area contributed by atoms with Crippen LogP contribution in [0.5, 0.6) is 5.75 Å². The standard InChI is InChI=1S/C18H26O2/c1-13(2)16-10-9-14(3)18(11-16)20-12-17(19)15-7-5-4-6-8-15/h9-11,13,15H,4-8,12H2,1-3H3. The van der Waals surface area contributed by atoms with E-state index in [2.05, 4.69) is 32.0 Å². The summed E-state index contributed by atoms with van der Waals surface area (Å²) in [5, 5.41) is 0. The maximum atomic E-state index is 12.2. The second kappa shape index (κ2) is 6.92. The average Bonchev–Trinajstić information content (AvgIpc) is 2.46. The Hall–Kier alpha value is -1.31. The van der Waals surface area contributed by atoms with Gasteiger partial charge < -0.3 is 4.74 Å². The molecule has 1 fully saturated rings. The van der Waals surface area contributed by atoms with Gasteiger partial charge >= 0.3 is 0 Å². The molecule has 2 nitrogen and oxygen atoms in total. The highest BCUT2D eigenvalue weighted by molar-refractivity contribution is 5.82. The van der Waals surface area contributed by atoms with E-state index in [1.807, 2.05) is 6.92 Å². The normalized spacial score (nSPS) is 16.4. The Morgan fingerprint density at radius 1 is 1.25 bits per heavy atom. The quantitative estimate of drug-likeness (QED) is 0.781. The lowest BCUT2D eigenvalue weighted by molar-refractivity contribution is -0.125. The molecule has 1 aliphatic carbocycles. The Bertz CT molecular complexity index is 456. The Kier molecular flexibility index (Phi) is 5.22. The molecule has 1 saturated carbocycles. The van der Waals surface area contributed by atoms with Crippen LogP contribution in [0.15, 0.2) is 18.2 Å². The third-order valence-corrected chi connectivity index (χ3v) is 4.31. The van der Waals surface area contributed by atoms with Gasteiger partial charge in [0.1, 0.15) is 12.4 Å². The lowest BCUT2D eigenvalue weighted by Gasteiger charge is -2.20. The van der Waals surface area contributed by atoms with Crippen LogP contribution in [-0.2, 0) is 4.79 Å². The number of aryl methyl sites for hydroxylation is 1. The van der Waals surface area contributed by atoms with E-state index in [0.717, 1.165) is 24.2 Å². The molecule has 0 saturated heterocycles.